The van der Waals surface area contributed by atoms with Crippen LogP contribution in [0.25, 0.3) is 0 Å². The highest BCUT2D eigenvalue weighted by molar-refractivity contribution is 9.10. The van der Waals surface area contributed by atoms with Crippen LogP contribution in [-0.4, -0.2) is 29.4 Å². The minimum atomic E-state index is -2.67. The fourth-order valence-electron chi connectivity index (χ4n) is 1.33. The summed E-state index contributed by atoms with van der Waals surface area (Å²) in [5, 5.41) is 9.85. The Labute approximate surface area is 113 Å². The number of benzene rings is 1. The summed E-state index contributed by atoms with van der Waals surface area (Å²) in [6.07, 6.45) is -1.66. The molecular weight excluding hydrogens is 307 g/mol. The van der Waals surface area contributed by atoms with E-state index in [1.807, 2.05) is 0 Å². The molecule has 0 saturated carbocycles. The Morgan fingerprint density at radius 2 is 2.06 bits per heavy atom. The molecule has 0 saturated heterocycles. The van der Waals surface area contributed by atoms with Crippen LogP contribution < -0.4 is 4.74 Å². The Bertz CT molecular complexity index is 405. The van der Waals surface area contributed by atoms with Crippen LogP contribution in [0.4, 0.5) is 4.39 Å². The van der Waals surface area contributed by atoms with Crippen molar-refractivity contribution in [3.05, 3.63) is 29.8 Å². The number of aliphatic hydroxyl groups is 1. The van der Waals surface area contributed by atoms with Gasteiger partial charge in [-0.3, -0.25) is 0 Å². The lowest BCUT2D eigenvalue weighted by molar-refractivity contribution is -0.156. The molecule has 0 amide bonds. The van der Waals surface area contributed by atoms with Crippen molar-refractivity contribution >= 4 is 21.9 Å². The van der Waals surface area contributed by atoms with Crippen molar-refractivity contribution in [2.45, 2.75) is 17.6 Å². The minimum absolute atomic E-state index is 0.0332. The highest BCUT2D eigenvalue weighted by Crippen LogP contribution is 2.37. The van der Waals surface area contributed by atoms with E-state index in [2.05, 4.69) is 20.7 Å². The Morgan fingerprint density at radius 1 is 1.50 bits per heavy atom. The van der Waals surface area contributed by atoms with Gasteiger partial charge in [0.25, 0.3) is 4.58 Å². The van der Waals surface area contributed by atoms with E-state index >= 15 is 0 Å². The predicted octanol–water partition coefficient (Wildman–Crippen LogP) is 2.35. The van der Waals surface area contributed by atoms with Gasteiger partial charge in [-0.25, -0.2) is 9.18 Å². The maximum absolute atomic E-state index is 14.1. The molecule has 0 bridgehead atoms. The number of methoxy groups -OCH3 is 1. The van der Waals surface area contributed by atoms with Crippen LogP contribution in [0.5, 0.6) is 5.75 Å². The highest BCUT2D eigenvalue weighted by atomic mass is 79.9. The normalized spacial score (nSPS) is 15.6. The average molecular weight is 321 g/mol. The molecule has 0 aliphatic heterocycles. The number of hydrogen-bond acceptors (Lipinski definition) is 4. The molecule has 1 N–H and O–H groups in total. The van der Waals surface area contributed by atoms with Crippen LogP contribution in [0.15, 0.2) is 24.3 Å². The van der Waals surface area contributed by atoms with Crippen LogP contribution >= 0.6 is 15.9 Å². The quantitative estimate of drug-likeness (QED) is 0.668. The Balaban J connectivity index is 2.90. The molecule has 0 radical (unpaired) electrons. The summed E-state index contributed by atoms with van der Waals surface area (Å²) >= 11 is 2.56. The van der Waals surface area contributed by atoms with E-state index < -0.39 is 16.7 Å². The largest absolute Gasteiger partial charge is 0.497 e. The number of ether oxygens (including phenoxy) is 2. The Hall–Kier alpha value is -1.14. The third-order valence-corrected chi connectivity index (χ3v) is 3.08. The maximum Gasteiger partial charge on any atom is 0.358 e. The van der Waals surface area contributed by atoms with Crippen LogP contribution in [0.2, 0.25) is 0 Å². The van der Waals surface area contributed by atoms with E-state index in [0.29, 0.717) is 5.75 Å². The summed E-state index contributed by atoms with van der Waals surface area (Å²) in [5.74, 6) is -0.588. The Morgan fingerprint density at radius 3 is 2.50 bits per heavy atom. The lowest BCUT2D eigenvalue weighted by Crippen LogP contribution is -2.35. The van der Waals surface area contributed by atoms with E-state index in [9.17, 15) is 14.3 Å². The van der Waals surface area contributed by atoms with Gasteiger partial charge in [0.15, 0.2) is 0 Å². The molecule has 4 nitrogen and oxygen atoms in total. The first-order chi connectivity index (χ1) is 8.43. The highest BCUT2D eigenvalue weighted by Gasteiger charge is 2.45. The smallest absolute Gasteiger partial charge is 0.358 e. The van der Waals surface area contributed by atoms with Gasteiger partial charge >= 0.3 is 5.97 Å². The van der Waals surface area contributed by atoms with Gasteiger partial charge in [-0.15, -0.1) is 0 Å². The molecule has 0 aliphatic carbocycles. The van der Waals surface area contributed by atoms with Crippen molar-refractivity contribution in [2.24, 2.45) is 0 Å². The lowest BCUT2D eigenvalue weighted by Gasteiger charge is -2.22. The molecule has 1 aromatic rings. The lowest BCUT2D eigenvalue weighted by atomic mass is 10.1. The van der Waals surface area contributed by atoms with Gasteiger partial charge in [0.05, 0.1) is 13.7 Å². The van der Waals surface area contributed by atoms with E-state index in [0.717, 1.165) is 0 Å². The average Bonchev–Trinajstić information content (AvgIpc) is 2.38. The number of carbonyl (C=O) groups excluding carboxylic acids is 1. The van der Waals surface area contributed by atoms with Crippen molar-refractivity contribution in [2.75, 3.05) is 13.7 Å². The molecule has 0 spiro atoms. The van der Waals surface area contributed by atoms with Gasteiger partial charge in [0.1, 0.15) is 11.9 Å². The number of carbonyl (C=O) groups is 1. The number of rotatable bonds is 5. The standard InChI is InChI=1S/C12H14BrFO4/c1-3-18-11(16)12(13,14)10(15)8-4-6-9(17-2)7-5-8/h4-7,10,15H,3H2,1-2H3/t10-,12+/m1/s1. The van der Waals surface area contributed by atoms with Crippen LogP contribution in [0.1, 0.15) is 18.6 Å². The molecule has 0 fully saturated rings. The SMILES string of the molecule is CCOC(=O)[C@](F)(Br)[C@H](O)c1ccc(OC)cc1. The zero-order valence-electron chi connectivity index (χ0n) is 10.0. The van der Waals surface area contributed by atoms with Crippen molar-refractivity contribution in [1.29, 1.82) is 0 Å². The number of halogens is 2. The van der Waals surface area contributed by atoms with Crippen molar-refractivity contribution in [3.8, 4) is 5.75 Å². The molecule has 0 aliphatic rings. The number of esters is 1. The molecule has 0 unspecified atom stereocenters. The van der Waals surface area contributed by atoms with Gasteiger partial charge in [0.2, 0.25) is 0 Å². The summed E-state index contributed by atoms with van der Waals surface area (Å²) in [6, 6.07) is 6.07. The van der Waals surface area contributed by atoms with E-state index in [-0.39, 0.29) is 12.2 Å². The van der Waals surface area contributed by atoms with Crippen molar-refractivity contribution in [3.63, 3.8) is 0 Å². The molecule has 100 valence electrons. The third kappa shape index (κ3) is 3.20. The first kappa shape index (κ1) is 14.9. The molecule has 2 atom stereocenters. The van der Waals surface area contributed by atoms with Gasteiger partial charge in [-0.2, -0.15) is 0 Å². The van der Waals surface area contributed by atoms with Crippen LogP contribution in [-0.2, 0) is 9.53 Å². The topological polar surface area (TPSA) is 55.8 Å². The summed E-state index contributed by atoms with van der Waals surface area (Å²) in [5.41, 5.74) is 0.239. The summed E-state index contributed by atoms with van der Waals surface area (Å²) < 4.78 is 20.9. The second-order valence-corrected chi connectivity index (χ2v) is 4.67. The van der Waals surface area contributed by atoms with Gasteiger partial charge in [-0.1, -0.05) is 12.1 Å². The van der Waals surface area contributed by atoms with E-state index in [1.165, 1.54) is 19.2 Å². The van der Waals surface area contributed by atoms with Gasteiger partial charge in [0, 0.05) is 0 Å². The summed E-state index contributed by atoms with van der Waals surface area (Å²) in [7, 11) is 1.49. The fraction of sp³-hybridized carbons (Fsp3) is 0.417. The molecule has 6 heteroatoms. The van der Waals surface area contributed by atoms with Crippen molar-refractivity contribution < 1.29 is 23.8 Å². The second-order valence-electron chi connectivity index (χ2n) is 3.52. The molecule has 18 heavy (non-hydrogen) atoms. The van der Waals surface area contributed by atoms with E-state index in [1.54, 1.807) is 19.1 Å². The monoisotopic (exact) mass is 320 g/mol. The zero-order valence-corrected chi connectivity index (χ0v) is 11.6. The number of aliphatic hydroxyl groups excluding tert-OH is 1. The molecule has 1 rings (SSSR count). The number of alkyl halides is 2. The first-order valence-electron chi connectivity index (χ1n) is 5.30. The zero-order chi connectivity index (χ0) is 13.8. The molecule has 0 heterocycles. The molecule has 0 aromatic heterocycles. The Kier molecular flexibility index (Phi) is 5.10. The van der Waals surface area contributed by atoms with E-state index in [4.69, 9.17) is 4.74 Å². The summed E-state index contributed by atoms with van der Waals surface area (Å²) in [4.78, 5) is 11.4. The van der Waals surface area contributed by atoms with Gasteiger partial charge < -0.3 is 14.6 Å². The number of hydrogen-bond donors (Lipinski definition) is 1. The maximum atomic E-state index is 14.1. The van der Waals surface area contributed by atoms with Crippen molar-refractivity contribution in [1.82, 2.24) is 0 Å². The van der Waals surface area contributed by atoms with Crippen LogP contribution in [0.3, 0.4) is 0 Å². The third-order valence-electron chi connectivity index (χ3n) is 2.32. The minimum Gasteiger partial charge on any atom is -0.497 e. The molecular formula is C12H14BrFO4. The second kappa shape index (κ2) is 6.15. The van der Waals surface area contributed by atoms with Crippen LogP contribution in [0, 0.1) is 0 Å². The molecule has 1 aromatic carbocycles. The fourth-order valence-corrected chi connectivity index (χ4v) is 1.71. The van der Waals surface area contributed by atoms with Gasteiger partial charge in [-0.05, 0) is 40.5 Å². The first-order valence-corrected chi connectivity index (χ1v) is 6.09. The predicted molar refractivity (Wildman–Crippen MR) is 67.4 cm³/mol. The summed E-state index contributed by atoms with van der Waals surface area (Å²) in [6.45, 7) is 1.59.